The molecule has 6 heteroatoms. The Morgan fingerprint density at radius 2 is 1.89 bits per heavy atom. The van der Waals surface area contributed by atoms with E-state index in [1.165, 1.54) is 25.7 Å². The van der Waals surface area contributed by atoms with Crippen molar-refractivity contribution in [2.45, 2.75) is 51.5 Å². The lowest BCUT2D eigenvalue weighted by Gasteiger charge is -2.16. The van der Waals surface area contributed by atoms with Crippen molar-refractivity contribution in [1.82, 2.24) is 15.0 Å². The SMILES string of the molecule is CCOc1nc(Cl)nc(NC2CCCCCC2)n1. The predicted octanol–water partition coefficient (Wildman–Crippen LogP) is 3.06. The number of nitrogens with zero attached hydrogens (tertiary/aromatic N) is 3. The molecule has 1 heterocycles. The molecule has 1 aromatic heterocycles. The molecule has 100 valence electrons. The van der Waals surface area contributed by atoms with Gasteiger partial charge in [-0.3, -0.25) is 0 Å². The van der Waals surface area contributed by atoms with Gasteiger partial charge in [0.25, 0.3) is 0 Å². The maximum Gasteiger partial charge on any atom is 0.322 e. The first-order chi connectivity index (χ1) is 8.78. The lowest BCUT2D eigenvalue weighted by atomic mass is 10.1. The third kappa shape index (κ3) is 3.98. The largest absolute Gasteiger partial charge is 0.464 e. The number of hydrogen-bond acceptors (Lipinski definition) is 5. The predicted molar refractivity (Wildman–Crippen MR) is 71.1 cm³/mol. The van der Waals surface area contributed by atoms with Gasteiger partial charge < -0.3 is 10.1 Å². The number of anilines is 1. The highest BCUT2D eigenvalue weighted by Crippen LogP contribution is 2.20. The van der Waals surface area contributed by atoms with Crippen LogP contribution in [0.2, 0.25) is 5.28 Å². The molecule has 0 bridgehead atoms. The molecule has 1 saturated carbocycles. The van der Waals surface area contributed by atoms with Gasteiger partial charge in [0, 0.05) is 6.04 Å². The van der Waals surface area contributed by atoms with Crippen molar-refractivity contribution in [3.05, 3.63) is 5.28 Å². The summed E-state index contributed by atoms with van der Waals surface area (Å²) in [5.74, 6) is 0.519. The Kier molecular flexibility index (Phi) is 4.99. The normalized spacial score (nSPS) is 17.2. The zero-order valence-electron chi connectivity index (χ0n) is 10.7. The minimum atomic E-state index is 0.171. The molecule has 0 aliphatic heterocycles. The molecular weight excluding hydrogens is 252 g/mol. The average molecular weight is 271 g/mol. The molecule has 0 spiro atoms. The summed E-state index contributed by atoms with van der Waals surface area (Å²) in [6, 6.07) is 0.717. The van der Waals surface area contributed by atoms with E-state index in [1.54, 1.807) is 0 Å². The highest BCUT2D eigenvalue weighted by molar-refractivity contribution is 6.28. The van der Waals surface area contributed by atoms with E-state index in [0.717, 1.165) is 12.8 Å². The van der Waals surface area contributed by atoms with Gasteiger partial charge in [-0.1, -0.05) is 25.7 Å². The quantitative estimate of drug-likeness (QED) is 0.852. The van der Waals surface area contributed by atoms with Crippen LogP contribution in [0.3, 0.4) is 0 Å². The van der Waals surface area contributed by atoms with Crippen LogP contribution in [-0.4, -0.2) is 27.6 Å². The van der Waals surface area contributed by atoms with E-state index in [4.69, 9.17) is 16.3 Å². The molecule has 0 saturated heterocycles. The summed E-state index contributed by atoms with van der Waals surface area (Å²) >= 11 is 5.85. The fourth-order valence-corrected chi connectivity index (χ4v) is 2.35. The van der Waals surface area contributed by atoms with Gasteiger partial charge in [0.05, 0.1) is 6.61 Å². The van der Waals surface area contributed by atoms with E-state index in [1.807, 2.05) is 6.92 Å². The minimum Gasteiger partial charge on any atom is -0.464 e. The Morgan fingerprint density at radius 3 is 2.56 bits per heavy atom. The first-order valence-electron chi connectivity index (χ1n) is 6.59. The molecule has 1 aliphatic carbocycles. The van der Waals surface area contributed by atoms with Crippen LogP contribution in [0.1, 0.15) is 45.4 Å². The van der Waals surface area contributed by atoms with E-state index in [2.05, 4.69) is 20.3 Å². The number of halogens is 1. The van der Waals surface area contributed by atoms with Crippen LogP contribution in [0, 0.1) is 0 Å². The Morgan fingerprint density at radius 1 is 1.17 bits per heavy atom. The van der Waals surface area contributed by atoms with Gasteiger partial charge in [0.1, 0.15) is 0 Å². The summed E-state index contributed by atoms with van der Waals surface area (Å²) in [5.41, 5.74) is 0. The topological polar surface area (TPSA) is 59.9 Å². The standard InChI is InChI=1S/C12H19ClN4O/c1-2-18-12-16-10(13)15-11(17-12)14-9-7-5-3-4-6-8-9/h9H,2-8H2,1H3,(H,14,15,16,17). The van der Waals surface area contributed by atoms with Crippen molar-refractivity contribution >= 4 is 17.5 Å². The molecule has 0 aromatic carbocycles. The number of ether oxygens (including phenoxy) is 1. The van der Waals surface area contributed by atoms with Crippen molar-refractivity contribution in [1.29, 1.82) is 0 Å². The molecule has 2 rings (SSSR count). The molecule has 0 radical (unpaired) electrons. The smallest absolute Gasteiger partial charge is 0.322 e. The summed E-state index contributed by atoms with van der Waals surface area (Å²) in [6.45, 7) is 2.40. The molecule has 1 fully saturated rings. The molecule has 0 unspecified atom stereocenters. The second-order valence-corrected chi connectivity index (χ2v) is 4.81. The van der Waals surface area contributed by atoms with Gasteiger partial charge >= 0.3 is 6.01 Å². The number of rotatable bonds is 4. The summed E-state index contributed by atoms with van der Waals surface area (Å²) in [6.07, 6.45) is 7.48. The number of hydrogen-bond donors (Lipinski definition) is 1. The second kappa shape index (κ2) is 6.73. The molecule has 5 nitrogen and oxygen atoms in total. The third-order valence-electron chi connectivity index (χ3n) is 3.05. The molecule has 1 aromatic rings. The maximum absolute atomic E-state index is 5.85. The lowest BCUT2D eigenvalue weighted by Crippen LogP contribution is -2.20. The lowest BCUT2D eigenvalue weighted by molar-refractivity contribution is 0.311. The van der Waals surface area contributed by atoms with Crippen LogP contribution < -0.4 is 10.1 Å². The van der Waals surface area contributed by atoms with Gasteiger partial charge in [0.2, 0.25) is 11.2 Å². The summed E-state index contributed by atoms with van der Waals surface area (Å²) in [5, 5.41) is 3.50. The van der Waals surface area contributed by atoms with Crippen molar-refractivity contribution < 1.29 is 4.74 Å². The van der Waals surface area contributed by atoms with Crippen LogP contribution in [0.4, 0.5) is 5.95 Å². The highest BCUT2D eigenvalue weighted by atomic mass is 35.5. The van der Waals surface area contributed by atoms with Crippen molar-refractivity contribution in [3.63, 3.8) is 0 Å². The van der Waals surface area contributed by atoms with Gasteiger partial charge in [0.15, 0.2) is 0 Å². The van der Waals surface area contributed by atoms with Crippen LogP contribution in [-0.2, 0) is 0 Å². The Hall–Kier alpha value is -1.10. The van der Waals surface area contributed by atoms with E-state index in [-0.39, 0.29) is 11.3 Å². The van der Waals surface area contributed by atoms with Gasteiger partial charge in [-0.2, -0.15) is 15.0 Å². The third-order valence-corrected chi connectivity index (χ3v) is 3.22. The zero-order valence-corrected chi connectivity index (χ0v) is 11.4. The monoisotopic (exact) mass is 270 g/mol. The number of aromatic nitrogens is 3. The van der Waals surface area contributed by atoms with Crippen molar-refractivity contribution in [3.8, 4) is 6.01 Å². The van der Waals surface area contributed by atoms with Crippen molar-refractivity contribution in [2.24, 2.45) is 0 Å². The van der Waals surface area contributed by atoms with Crippen LogP contribution in [0.25, 0.3) is 0 Å². The molecule has 0 atom stereocenters. The second-order valence-electron chi connectivity index (χ2n) is 4.48. The first-order valence-corrected chi connectivity index (χ1v) is 6.96. The number of nitrogens with one attached hydrogen (secondary N) is 1. The Labute approximate surface area is 112 Å². The van der Waals surface area contributed by atoms with Crippen LogP contribution in [0.5, 0.6) is 6.01 Å². The van der Waals surface area contributed by atoms with Gasteiger partial charge in [-0.15, -0.1) is 0 Å². The summed E-state index contributed by atoms with van der Waals surface area (Å²) in [4.78, 5) is 12.2. The Balaban J connectivity index is 2.02. The molecule has 0 amide bonds. The first kappa shape index (κ1) is 13.3. The van der Waals surface area contributed by atoms with E-state index >= 15 is 0 Å². The molecule has 18 heavy (non-hydrogen) atoms. The van der Waals surface area contributed by atoms with Crippen LogP contribution >= 0.6 is 11.6 Å². The summed E-state index contributed by atoms with van der Waals surface area (Å²) in [7, 11) is 0. The fourth-order valence-electron chi connectivity index (χ4n) is 2.20. The minimum absolute atomic E-state index is 0.171. The van der Waals surface area contributed by atoms with E-state index < -0.39 is 0 Å². The van der Waals surface area contributed by atoms with Crippen LogP contribution in [0.15, 0.2) is 0 Å². The van der Waals surface area contributed by atoms with Gasteiger partial charge in [-0.05, 0) is 31.4 Å². The Bertz CT molecular complexity index is 380. The zero-order chi connectivity index (χ0) is 12.8. The average Bonchev–Trinajstić information content (AvgIpc) is 2.57. The fraction of sp³-hybridized carbons (Fsp3) is 0.750. The molecule has 1 N–H and O–H groups in total. The maximum atomic E-state index is 5.85. The van der Waals surface area contributed by atoms with Crippen molar-refractivity contribution in [2.75, 3.05) is 11.9 Å². The van der Waals surface area contributed by atoms with Gasteiger partial charge in [-0.25, -0.2) is 0 Å². The molecule has 1 aliphatic rings. The highest BCUT2D eigenvalue weighted by Gasteiger charge is 2.14. The summed E-state index contributed by atoms with van der Waals surface area (Å²) < 4.78 is 5.25. The molecular formula is C12H19ClN4O. The van der Waals surface area contributed by atoms with E-state index in [0.29, 0.717) is 18.6 Å². The van der Waals surface area contributed by atoms with E-state index in [9.17, 15) is 0 Å².